The molecule has 14 heteroatoms. The number of amides is 2. The molecule has 0 spiro atoms. The van der Waals surface area contributed by atoms with E-state index in [0.717, 1.165) is 31.4 Å². The average Bonchev–Trinajstić information content (AvgIpc) is 3.66. The summed E-state index contributed by atoms with van der Waals surface area (Å²) in [6.07, 6.45) is 7.14. The van der Waals surface area contributed by atoms with Crippen LogP contribution in [0.5, 0.6) is 0 Å². The van der Waals surface area contributed by atoms with Gasteiger partial charge >= 0.3 is 12.1 Å². The Morgan fingerprint density at radius 2 is 1.82 bits per heavy atom. The highest BCUT2D eigenvalue weighted by atomic mass is 16.6. The Bertz CT molecular complexity index is 2070. The molecule has 0 bridgehead atoms. The highest BCUT2D eigenvalue weighted by molar-refractivity contribution is 6.06. The van der Waals surface area contributed by atoms with Crippen LogP contribution in [0.2, 0.25) is 0 Å². The predicted molar refractivity (Wildman–Crippen MR) is 185 cm³/mol. The first-order valence-corrected chi connectivity index (χ1v) is 17.0. The molecule has 0 radical (unpaired) electrons. The second kappa shape index (κ2) is 12.8. The normalized spacial score (nSPS) is 15.7. The van der Waals surface area contributed by atoms with Crippen molar-refractivity contribution >= 4 is 35.3 Å². The number of carbonyl (C=O) groups is 3. The highest BCUT2D eigenvalue weighted by Gasteiger charge is 2.33. The topological polar surface area (TPSA) is 146 Å². The Kier molecular flexibility index (Phi) is 8.48. The van der Waals surface area contributed by atoms with Crippen LogP contribution < -0.4 is 15.8 Å². The molecule has 14 nitrogen and oxygen atoms in total. The number of nitrogens with zero attached hydrogens (tertiary/aromatic N) is 7. The molecule has 2 amide bonds. The minimum absolute atomic E-state index is 0.108. The quantitative estimate of drug-likeness (QED) is 0.290. The molecule has 1 aliphatic carbocycles. The maximum atomic E-state index is 14.0. The maximum absolute atomic E-state index is 14.0. The fourth-order valence-electron chi connectivity index (χ4n) is 7.04. The lowest BCUT2D eigenvalue weighted by atomic mass is 9.98. The molecular weight excluding hydrogens is 640 g/mol. The Morgan fingerprint density at radius 1 is 1.02 bits per heavy atom. The van der Waals surface area contributed by atoms with Crippen molar-refractivity contribution in [2.24, 2.45) is 7.05 Å². The van der Waals surface area contributed by atoms with Crippen molar-refractivity contribution in [3.8, 4) is 11.1 Å². The van der Waals surface area contributed by atoms with E-state index in [4.69, 9.17) is 9.47 Å². The van der Waals surface area contributed by atoms with Gasteiger partial charge < -0.3 is 28.8 Å². The molecule has 0 saturated heterocycles. The number of fused-ring (bicyclic) bond motifs is 4. The van der Waals surface area contributed by atoms with Gasteiger partial charge in [0.25, 0.3) is 11.5 Å². The molecule has 7 rings (SSSR count). The molecule has 1 N–H and O–H groups in total. The summed E-state index contributed by atoms with van der Waals surface area (Å²) in [4.78, 5) is 60.1. The molecule has 4 aromatic heterocycles. The number of carbonyl (C=O) groups excluding carboxylic acids is 3. The Balaban J connectivity index is 1.20. The van der Waals surface area contributed by atoms with E-state index in [-0.39, 0.29) is 29.9 Å². The summed E-state index contributed by atoms with van der Waals surface area (Å²) in [7, 11) is 1.66. The first-order chi connectivity index (χ1) is 23.9. The van der Waals surface area contributed by atoms with Gasteiger partial charge in [-0.25, -0.2) is 9.78 Å². The van der Waals surface area contributed by atoms with Crippen LogP contribution in [0.3, 0.4) is 0 Å². The Morgan fingerprint density at radius 3 is 2.60 bits per heavy atom. The Hall–Kier alpha value is -5.40. The number of hydrogen-bond donors (Lipinski definition) is 1. The summed E-state index contributed by atoms with van der Waals surface area (Å²) in [6, 6.07) is 7.35. The lowest BCUT2D eigenvalue weighted by Gasteiger charge is -2.31. The number of esters is 1. The van der Waals surface area contributed by atoms with E-state index in [1.54, 1.807) is 41.4 Å². The van der Waals surface area contributed by atoms with E-state index in [0.29, 0.717) is 66.7 Å². The summed E-state index contributed by atoms with van der Waals surface area (Å²) >= 11 is 0. The van der Waals surface area contributed by atoms with Crippen LogP contribution in [-0.2, 0) is 60.4 Å². The third-order valence-corrected chi connectivity index (χ3v) is 9.33. The van der Waals surface area contributed by atoms with Gasteiger partial charge in [-0.05, 0) is 75.8 Å². The molecule has 50 heavy (non-hydrogen) atoms. The molecule has 2 aliphatic heterocycles. The van der Waals surface area contributed by atoms with Crippen molar-refractivity contribution in [3.05, 3.63) is 75.2 Å². The van der Waals surface area contributed by atoms with Crippen molar-refractivity contribution in [1.29, 1.82) is 0 Å². The zero-order chi connectivity index (χ0) is 35.3. The van der Waals surface area contributed by atoms with Crippen LogP contribution in [-0.4, -0.2) is 65.5 Å². The van der Waals surface area contributed by atoms with E-state index < -0.39 is 11.6 Å². The van der Waals surface area contributed by atoms with Crippen LogP contribution in [0.25, 0.3) is 11.1 Å². The summed E-state index contributed by atoms with van der Waals surface area (Å²) in [6.45, 7) is 9.05. The molecule has 0 atom stereocenters. The van der Waals surface area contributed by atoms with E-state index in [1.165, 1.54) is 22.7 Å². The second-order valence-corrected chi connectivity index (χ2v) is 14.1. The second-order valence-electron chi connectivity index (χ2n) is 14.1. The lowest BCUT2D eigenvalue weighted by Crippen LogP contribution is -2.41. The van der Waals surface area contributed by atoms with Gasteiger partial charge in [0.2, 0.25) is 0 Å². The first kappa shape index (κ1) is 33.1. The van der Waals surface area contributed by atoms with Crippen molar-refractivity contribution in [1.82, 2.24) is 28.8 Å². The van der Waals surface area contributed by atoms with Crippen molar-refractivity contribution in [2.45, 2.75) is 85.2 Å². The predicted octanol–water partition coefficient (Wildman–Crippen LogP) is 4.54. The number of aromatic nitrogens is 5. The minimum atomic E-state index is -0.602. The molecule has 6 heterocycles. The number of aryl methyl sites for hydroxylation is 2. The molecule has 0 fully saturated rings. The fraction of sp³-hybridized carbons (Fsp3) is 0.444. The molecule has 0 saturated carbocycles. The van der Waals surface area contributed by atoms with E-state index in [9.17, 15) is 19.2 Å². The van der Waals surface area contributed by atoms with Crippen molar-refractivity contribution in [3.63, 3.8) is 0 Å². The summed E-state index contributed by atoms with van der Waals surface area (Å²) in [5.74, 6) is 0.268. The standard InChI is InChI=1S/C36H42N8O6/c1-22(45)49-21-27-26(10-11-37-32(27)43-14-13-42-29-9-7-6-8-23(29)17-30(42)34(43)47)24-16-28(33(46)40(5)19-24)38-31-18-25-20-41(12-15-44(25)39-31)35(48)50-36(2,3)4/h10-11,16-19H,6-9,12-15,20-21H2,1-5H3,(H,38,39). The van der Waals surface area contributed by atoms with Gasteiger partial charge in [0.15, 0.2) is 5.82 Å². The molecule has 4 aromatic rings. The molecule has 0 unspecified atom stereocenters. The Labute approximate surface area is 289 Å². The zero-order valence-electron chi connectivity index (χ0n) is 29.1. The lowest BCUT2D eigenvalue weighted by molar-refractivity contribution is -0.142. The van der Waals surface area contributed by atoms with Crippen LogP contribution in [0.4, 0.5) is 22.1 Å². The van der Waals surface area contributed by atoms with Crippen molar-refractivity contribution < 1.29 is 23.9 Å². The van der Waals surface area contributed by atoms with Crippen LogP contribution in [0.15, 0.2) is 41.5 Å². The van der Waals surface area contributed by atoms with Gasteiger partial charge in [0, 0.05) is 68.9 Å². The first-order valence-electron chi connectivity index (χ1n) is 17.0. The van der Waals surface area contributed by atoms with Gasteiger partial charge in [0.1, 0.15) is 29.4 Å². The van der Waals surface area contributed by atoms with Gasteiger partial charge in [-0.15, -0.1) is 0 Å². The van der Waals surface area contributed by atoms with E-state index in [2.05, 4.69) is 20.0 Å². The third-order valence-electron chi connectivity index (χ3n) is 9.33. The molecule has 0 aromatic carbocycles. The number of nitrogens with one attached hydrogen (secondary N) is 1. The number of hydrogen-bond acceptors (Lipinski definition) is 9. The third kappa shape index (κ3) is 6.37. The van der Waals surface area contributed by atoms with Gasteiger partial charge in [-0.2, -0.15) is 5.10 Å². The number of anilines is 3. The zero-order valence-corrected chi connectivity index (χ0v) is 29.1. The summed E-state index contributed by atoms with van der Waals surface area (Å²) in [5.41, 5.74) is 5.24. The van der Waals surface area contributed by atoms with Gasteiger partial charge in [-0.3, -0.25) is 24.0 Å². The number of ether oxygens (including phenoxy) is 2. The van der Waals surface area contributed by atoms with Crippen LogP contribution >= 0.6 is 0 Å². The van der Waals surface area contributed by atoms with E-state index in [1.807, 2.05) is 37.6 Å². The van der Waals surface area contributed by atoms with Crippen molar-refractivity contribution in [2.75, 3.05) is 23.3 Å². The van der Waals surface area contributed by atoms with Gasteiger partial charge in [0.05, 0.1) is 18.8 Å². The number of pyridine rings is 2. The van der Waals surface area contributed by atoms with Crippen LogP contribution in [0, 0.1) is 0 Å². The monoisotopic (exact) mass is 682 g/mol. The summed E-state index contributed by atoms with van der Waals surface area (Å²) in [5, 5.41) is 7.83. The maximum Gasteiger partial charge on any atom is 0.410 e. The SMILES string of the molecule is CC(=O)OCc1c(-c2cc(Nc3cc4n(n3)CCN(C(=O)OC(C)(C)C)C4)c(=O)n(C)c2)ccnc1N1CCn2c(cc3c2CCCC3)C1=O. The smallest absolute Gasteiger partial charge is 0.410 e. The molecular formula is C36H42N8O6. The minimum Gasteiger partial charge on any atom is -0.461 e. The fourth-order valence-corrected chi connectivity index (χ4v) is 7.04. The van der Waals surface area contributed by atoms with Gasteiger partial charge in [-0.1, -0.05) is 0 Å². The number of rotatable bonds is 6. The largest absolute Gasteiger partial charge is 0.461 e. The summed E-state index contributed by atoms with van der Waals surface area (Å²) < 4.78 is 16.5. The molecule has 3 aliphatic rings. The van der Waals surface area contributed by atoms with Crippen LogP contribution in [0.1, 0.15) is 73.5 Å². The molecule has 262 valence electrons. The van der Waals surface area contributed by atoms with E-state index >= 15 is 0 Å². The average molecular weight is 683 g/mol. The highest BCUT2D eigenvalue weighted by Crippen LogP contribution is 2.35.